The number of halogens is 1. The Bertz CT molecular complexity index is 1180. The molecule has 0 fully saturated rings. The van der Waals surface area contributed by atoms with E-state index in [0.29, 0.717) is 22.5 Å². The summed E-state index contributed by atoms with van der Waals surface area (Å²) >= 11 is 0. The molecule has 8 heteroatoms. The van der Waals surface area contributed by atoms with Gasteiger partial charge in [0, 0.05) is 5.56 Å². The molecule has 0 aliphatic heterocycles. The van der Waals surface area contributed by atoms with Crippen molar-refractivity contribution in [2.24, 2.45) is 5.10 Å². The molecule has 0 saturated heterocycles. The molecule has 1 amide bonds. The maximum absolute atomic E-state index is 13.0. The molecule has 3 aromatic rings. The SMILES string of the molecule is C/C(=N/NC(=O)c1ccc(CN(c2ccccc2)S(C)(=O)=O)cc1)c1ccc(F)cc1. The van der Waals surface area contributed by atoms with Crippen LogP contribution < -0.4 is 9.73 Å². The second-order valence-corrected chi connectivity index (χ2v) is 8.85. The van der Waals surface area contributed by atoms with E-state index >= 15 is 0 Å². The van der Waals surface area contributed by atoms with Crippen LogP contribution >= 0.6 is 0 Å². The van der Waals surface area contributed by atoms with E-state index in [0.717, 1.165) is 11.8 Å². The molecule has 0 saturated carbocycles. The van der Waals surface area contributed by atoms with Crippen LogP contribution in [0.4, 0.5) is 10.1 Å². The van der Waals surface area contributed by atoms with Gasteiger partial charge in [-0.15, -0.1) is 0 Å². The number of hydrogen-bond acceptors (Lipinski definition) is 4. The minimum absolute atomic E-state index is 0.145. The molecule has 160 valence electrons. The smallest absolute Gasteiger partial charge is 0.267 e. The van der Waals surface area contributed by atoms with E-state index in [1.165, 1.54) is 16.4 Å². The lowest BCUT2D eigenvalue weighted by atomic mass is 10.1. The Kier molecular flexibility index (Phi) is 6.81. The maximum Gasteiger partial charge on any atom is 0.271 e. The third kappa shape index (κ3) is 5.99. The van der Waals surface area contributed by atoms with Gasteiger partial charge in [0.25, 0.3) is 5.91 Å². The molecule has 0 spiro atoms. The topological polar surface area (TPSA) is 78.8 Å². The lowest BCUT2D eigenvalue weighted by Crippen LogP contribution is -2.29. The standard InChI is InChI=1S/C23H22FN3O3S/c1-17(19-12-14-21(24)15-13-19)25-26-23(28)20-10-8-18(9-11-20)16-27(31(2,29)30)22-6-4-3-5-7-22/h3-15H,16H2,1-2H3,(H,26,28)/b25-17-. The van der Waals surface area contributed by atoms with Gasteiger partial charge in [0.2, 0.25) is 10.0 Å². The Balaban J connectivity index is 1.69. The van der Waals surface area contributed by atoms with Crippen molar-refractivity contribution in [1.29, 1.82) is 0 Å². The monoisotopic (exact) mass is 439 g/mol. The molecule has 0 aliphatic carbocycles. The quantitative estimate of drug-likeness (QED) is 0.447. The number of nitrogens with zero attached hydrogens (tertiary/aromatic N) is 2. The first-order chi connectivity index (χ1) is 14.7. The van der Waals surface area contributed by atoms with Gasteiger partial charge in [0.1, 0.15) is 5.82 Å². The van der Waals surface area contributed by atoms with Crippen LogP contribution in [0.5, 0.6) is 0 Å². The number of rotatable bonds is 7. The van der Waals surface area contributed by atoms with Gasteiger partial charge in [0.15, 0.2) is 0 Å². The number of carbonyl (C=O) groups excluding carboxylic acids is 1. The number of hydrazone groups is 1. The summed E-state index contributed by atoms with van der Waals surface area (Å²) in [4.78, 5) is 12.4. The number of hydrogen-bond donors (Lipinski definition) is 1. The van der Waals surface area contributed by atoms with Gasteiger partial charge < -0.3 is 0 Å². The number of carbonyl (C=O) groups is 1. The molecule has 0 heterocycles. The number of sulfonamides is 1. The van der Waals surface area contributed by atoms with E-state index in [4.69, 9.17) is 0 Å². The fourth-order valence-electron chi connectivity index (χ4n) is 2.88. The molecule has 0 bridgehead atoms. The molecular formula is C23H22FN3O3S. The van der Waals surface area contributed by atoms with Crippen molar-refractivity contribution in [3.05, 3.63) is 101 Å². The Morgan fingerprint density at radius 3 is 2.10 bits per heavy atom. The summed E-state index contributed by atoms with van der Waals surface area (Å²) in [7, 11) is -3.48. The van der Waals surface area contributed by atoms with Crippen LogP contribution in [0, 0.1) is 5.82 Å². The Hall–Kier alpha value is -3.52. The van der Waals surface area contributed by atoms with Gasteiger partial charge in [-0.05, 0) is 54.4 Å². The van der Waals surface area contributed by atoms with Crippen LogP contribution in [0.3, 0.4) is 0 Å². The minimum Gasteiger partial charge on any atom is -0.267 e. The number of para-hydroxylation sites is 1. The zero-order valence-corrected chi connectivity index (χ0v) is 17.9. The predicted octanol–water partition coefficient (Wildman–Crippen LogP) is 3.95. The molecule has 3 aromatic carbocycles. The third-order valence-corrected chi connectivity index (χ3v) is 5.71. The highest BCUT2D eigenvalue weighted by molar-refractivity contribution is 7.92. The normalized spacial score (nSPS) is 11.8. The molecule has 3 rings (SSSR count). The fraction of sp³-hybridized carbons (Fsp3) is 0.130. The molecule has 0 atom stereocenters. The molecule has 0 radical (unpaired) electrons. The van der Waals surface area contributed by atoms with Crippen molar-refractivity contribution >= 4 is 27.3 Å². The second kappa shape index (κ2) is 9.53. The van der Waals surface area contributed by atoms with Crippen molar-refractivity contribution in [3.63, 3.8) is 0 Å². The second-order valence-electron chi connectivity index (χ2n) is 6.95. The number of anilines is 1. The van der Waals surface area contributed by atoms with Crippen LogP contribution in [0.2, 0.25) is 0 Å². The molecule has 6 nitrogen and oxygen atoms in total. The number of amides is 1. The highest BCUT2D eigenvalue weighted by Gasteiger charge is 2.17. The van der Waals surface area contributed by atoms with Crippen LogP contribution in [0.25, 0.3) is 0 Å². The van der Waals surface area contributed by atoms with Crippen molar-refractivity contribution < 1.29 is 17.6 Å². The summed E-state index contributed by atoms with van der Waals surface area (Å²) in [6.07, 6.45) is 1.16. The van der Waals surface area contributed by atoms with E-state index in [9.17, 15) is 17.6 Å². The predicted molar refractivity (Wildman–Crippen MR) is 120 cm³/mol. The summed E-state index contributed by atoms with van der Waals surface area (Å²) < 4.78 is 38.8. The van der Waals surface area contributed by atoms with E-state index in [-0.39, 0.29) is 12.4 Å². The first-order valence-corrected chi connectivity index (χ1v) is 11.3. The summed E-state index contributed by atoms with van der Waals surface area (Å²) in [5, 5.41) is 4.05. The highest BCUT2D eigenvalue weighted by Crippen LogP contribution is 2.20. The maximum atomic E-state index is 13.0. The molecular weight excluding hydrogens is 417 g/mol. The Morgan fingerprint density at radius 1 is 0.935 bits per heavy atom. The average molecular weight is 440 g/mol. The van der Waals surface area contributed by atoms with E-state index < -0.39 is 15.9 Å². The van der Waals surface area contributed by atoms with Crippen LogP contribution in [-0.4, -0.2) is 26.3 Å². The first kappa shape index (κ1) is 22.2. The van der Waals surface area contributed by atoms with Gasteiger partial charge in [-0.2, -0.15) is 5.10 Å². The van der Waals surface area contributed by atoms with Crippen molar-refractivity contribution in [3.8, 4) is 0 Å². The molecule has 0 aromatic heterocycles. The summed E-state index contributed by atoms with van der Waals surface area (Å²) in [5.41, 5.74) is 5.38. The molecule has 0 unspecified atom stereocenters. The number of benzene rings is 3. The average Bonchev–Trinajstić information content (AvgIpc) is 2.76. The largest absolute Gasteiger partial charge is 0.271 e. The van der Waals surface area contributed by atoms with Crippen LogP contribution in [-0.2, 0) is 16.6 Å². The van der Waals surface area contributed by atoms with Gasteiger partial charge in [0.05, 0.1) is 24.2 Å². The lowest BCUT2D eigenvalue weighted by molar-refractivity contribution is 0.0955. The van der Waals surface area contributed by atoms with Gasteiger partial charge in [-0.3, -0.25) is 9.10 Å². The van der Waals surface area contributed by atoms with E-state index in [1.54, 1.807) is 67.6 Å². The first-order valence-electron chi connectivity index (χ1n) is 9.46. The van der Waals surface area contributed by atoms with Gasteiger partial charge in [-0.25, -0.2) is 18.2 Å². The van der Waals surface area contributed by atoms with Crippen molar-refractivity contribution in [2.45, 2.75) is 13.5 Å². The zero-order valence-electron chi connectivity index (χ0n) is 17.1. The summed E-state index contributed by atoms with van der Waals surface area (Å²) in [5.74, 6) is -0.751. The number of nitrogens with one attached hydrogen (secondary N) is 1. The lowest BCUT2D eigenvalue weighted by Gasteiger charge is -2.22. The molecule has 1 N–H and O–H groups in total. The molecule has 0 aliphatic rings. The van der Waals surface area contributed by atoms with Gasteiger partial charge in [-0.1, -0.05) is 42.5 Å². The summed E-state index contributed by atoms with van der Waals surface area (Å²) in [6, 6.07) is 21.2. The van der Waals surface area contributed by atoms with Crippen molar-refractivity contribution in [2.75, 3.05) is 10.6 Å². The van der Waals surface area contributed by atoms with Crippen molar-refractivity contribution in [1.82, 2.24) is 5.43 Å². The summed E-state index contributed by atoms with van der Waals surface area (Å²) in [6.45, 7) is 1.85. The Labute approximate surface area is 181 Å². The Morgan fingerprint density at radius 2 is 1.52 bits per heavy atom. The van der Waals surface area contributed by atoms with Gasteiger partial charge >= 0.3 is 0 Å². The third-order valence-electron chi connectivity index (χ3n) is 4.57. The van der Waals surface area contributed by atoms with E-state index in [2.05, 4.69) is 10.5 Å². The minimum atomic E-state index is -3.48. The van der Waals surface area contributed by atoms with Crippen LogP contribution in [0.15, 0.2) is 84.0 Å². The highest BCUT2D eigenvalue weighted by atomic mass is 32.2. The fourth-order valence-corrected chi connectivity index (χ4v) is 3.76. The zero-order chi connectivity index (χ0) is 22.4. The molecule has 31 heavy (non-hydrogen) atoms. The van der Waals surface area contributed by atoms with E-state index in [1.807, 2.05) is 6.07 Å². The van der Waals surface area contributed by atoms with Crippen LogP contribution in [0.1, 0.15) is 28.4 Å².